The van der Waals surface area contributed by atoms with Crippen LogP contribution >= 0.6 is 0 Å². The second kappa shape index (κ2) is 4.48. The predicted octanol–water partition coefficient (Wildman–Crippen LogP) is 2.72. The molecular weight excluding hydrogens is 194 g/mol. The number of benzene rings is 1. The summed E-state index contributed by atoms with van der Waals surface area (Å²) in [5.74, 6) is 0. The number of aromatic nitrogens is 1. The van der Waals surface area contributed by atoms with E-state index < -0.39 is 0 Å². The summed E-state index contributed by atoms with van der Waals surface area (Å²) in [6.07, 6.45) is 3.14. The summed E-state index contributed by atoms with van der Waals surface area (Å²) in [5.41, 5.74) is 5.52. The highest BCUT2D eigenvalue weighted by Gasteiger charge is 2.12. The van der Waals surface area contributed by atoms with Gasteiger partial charge in [0.05, 0.1) is 6.42 Å². The predicted molar refractivity (Wildman–Crippen MR) is 66.3 cm³/mol. The third-order valence-electron chi connectivity index (χ3n) is 3.21. The van der Waals surface area contributed by atoms with Gasteiger partial charge in [-0.2, -0.15) is 0 Å². The summed E-state index contributed by atoms with van der Waals surface area (Å²) in [6, 6.07) is 12.8. The summed E-state index contributed by atoms with van der Waals surface area (Å²) >= 11 is 0. The molecule has 0 radical (unpaired) electrons. The minimum Gasteiger partial charge on any atom is -0.205 e. The molecule has 0 bridgehead atoms. The average molecular weight is 212 g/mol. The zero-order valence-corrected chi connectivity index (χ0v) is 10.2. The van der Waals surface area contributed by atoms with Crippen molar-refractivity contribution in [1.82, 2.24) is 0 Å². The van der Waals surface area contributed by atoms with Crippen LogP contribution in [-0.2, 0) is 13.5 Å². The summed E-state index contributed by atoms with van der Waals surface area (Å²) in [7, 11) is 2.12. The lowest BCUT2D eigenvalue weighted by atomic mass is 10.0. The van der Waals surface area contributed by atoms with E-state index in [1.165, 1.54) is 22.4 Å². The highest BCUT2D eigenvalue weighted by atomic mass is 14.9. The Morgan fingerprint density at radius 1 is 1.00 bits per heavy atom. The molecule has 1 aromatic heterocycles. The van der Waals surface area contributed by atoms with Crippen molar-refractivity contribution < 1.29 is 4.57 Å². The highest BCUT2D eigenvalue weighted by Crippen LogP contribution is 2.12. The smallest absolute Gasteiger partial charge is 0.188 e. The quantitative estimate of drug-likeness (QED) is 0.674. The molecule has 0 saturated carbocycles. The Hall–Kier alpha value is -1.63. The van der Waals surface area contributed by atoms with Crippen molar-refractivity contribution in [2.24, 2.45) is 7.05 Å². The van der Waals surface area contributed by atoms with E-state index >= 15 is 0 Å². The number of rotatable bonds is 2. The number of nitrogens with zero attached hydrogens (tertiary/aromatic N) is 1. The second-order valence-corrected chi connectivity index (χ2v) is 4.34. The number of hydrogen-bond acceptors (Lipinski definition) is 0. The number of pyridine rings is 1. The zero-order chi connectivity index (χ0) is 11.5. The van der Waals surface area contributed by atoms with Crippen LogP contribution in [0.5, 0.6) is 0 Å². The summed E-state index contributed by atoms with van der Waals surface area (Å²) < 4.78 is 2.22. The van der Waals surface area contributed by atoms with Gasteiger partial charge in [0, 0.05) is 11.6 Å². The van der Waals surface area contributed by atoms with Gasteiger partial charge >= 0.3 is 0 Å². The molecule has 2 aromatic rings. The van der Waals surface area contributed by atoms with Crippen LogP contribution in [-0.4, -0.2) is 0 Å². The Kier molecular flexibility index (Phi) is 3.04. The third kappa shape index (κ3) is 2.13. The Labute approximate surface area is 97.4 Å². The molecule has 0 saturated heterocycles. The maximum absolute atomic E-state index is 2.22. The van der Waals surface area contributed by atoms with Gasteiger partial charge in [-0.1, -0.05) is 30.3 Å². The molecule has 0 aliphatic carbocycles. The van der Waals surface area contributed by atoms with E-state index in [1.807, 2.05) is 0 Å². The Bertz CT molecular complexity index is 486. The first-order valence-corrected chi connectivity index (χ1v) is 5.67. The molecule has 0 amide bonds. The van der Waals surface area contributed by atoms with E-state index in [4.69, 9.17) is 0 Å². The standard InChI is InChI=1S/C15H18N/c1-12-9-10-16(3)15(13(12)2)11-14-7-5-4-6-8-14/h4-10H,11H2,1-3H3/q+1. The fourth-order valence-electron chi connectivity index (χ4n) is 1.98. The van der Waals surface area contributed by atoms with Gasteiger partial charge in [0.15, 0.2) is 11.9 Å². The molecule has 1 heteroatoms. The molecular formula is C15H18N+. The Morgan fingerprint density at radius 2 is 1.69 bits per heavy atom. The first kappa shape index (κ1) is 10.9. The maximum atomic E-state index is 2.22. The van der Waals surface area contributed by atoms with Crippen molar-refractivity contribution in [2.75, 3.05) is 0 Å². The fourth-order valence-corrected chi connectivity index (χ4v) is 1.98. The minimum atomic E-state index is 1.00. The zero-order valence-electron chi connectivity index (χ0n) is 10.2. The van der Waals surface area contributed by atoms with Crippen LogP contribution in [0, 0.1) is 13.8 Å². The van der Waals surface area contributed by atoms with E-state index in [1.54, 1.807) is 0 Å². The van der Waals surface area contributed by atoms with E-state index in [9.17, 15) is 0 Å². The van der Waals surface area contributed by atoms with Crippen LogP contribution in [0.3, 0.4) is 0 Å². The molecule has 1 aromatic carbocycles. The largest absolute Gasteiger partial charge is 0.205 e. The van der Waals surface area contributed by atoms with Gasteiger partial charge in [-0.15, -0.1) is 0 Å². The lowest BCUT2D eigenvalue weighted by Crippen LogP contribution is -2.34. The van der Waals surface area contributed by atoms with Crippen LogP contribution in [0.4, 0.5) is 0 Å². The monoisotopic (exact) mass is 212 g/mol. The minimum absolute atomic E-state index is 1.00. The van der Waals surface area contributed by atoms with E-state index in [-0.39, 0.29) is 0 Å². The molecule has 0 N–H and O–H groups in total. The van der Waals surface area contributed by atoms with Gasteiger partial charge in [0.1, 0.15) is 7.05 Å². The Balaban J connectivity index is 2.38. The van der Waals surface area contributed by atoms with Crippen molar-refractivity contribution in [3.8, 4) is 0 Å². The van der Waals surface area contributed by atoms with Crippen LogP contribution in [0.1, 0.15) is 22.4 Å². The van der Waals surface area contributed by atoms with Gasteiger partial charge in [-0.3, -0.25) is 0 Å². The summed E-state index contributed by atoms with van der Waals surface area (Å²) in [5, 5.41) is 0. The SMILES string of the molecule is Cc1cc[n+](C)c(Cc2ccccc2)c1C. The molecule has 82 valence electrons. The fraction of sp³-hybridized carbons (Fsp3) is 0.267. The first-order chi connectivity index (χ1) is 7.68. The molecule has 0 aliphatic heterocycles. The molecule has 0 fully saturated rings. The molecule has 0 aliphatic rings. The number of hydrogen-bond donors (Lipinski definition) is 0. The maximum Gasteiger partial charge on any atom is 0.188 e. The van der Waals surface area contributed by atoms with Crippen molar-refractivity contribution in [2.45, 2.75) is 20.3 Å². The van der Waals surface area contributed by atoms with Crippen molar-refractivity contribution in [3.05, 3.63) is 65.0 Å². The average Bonchev–Trinajstić information content (AvgIpc) is 2.31. The third-order valence-corrected chi connectivity index (χ3v) is 3.21. The first-order valence-electron chi connectivity index (χ1n) is 5.67. The molecule has 1 heterocycles. The topological polar surface area (TPSA) is 3.88 Å². The van der Waals surface area contributed by atoms with E-state index in [0.717, 1.165) is 6.42 Å². The van der Waals surface area contributed by atoms with E-state index in [2.05, 4.69) is 68.1 Å². The second-order valence-electron chi connectivity index (χ2n) is 4.34. The Morgan fingerprint density at radius 3 is 2.38 bits per heavy atom. The van der Waals surface area contributed by atoms with Gasteiger partial charge in [-0.05, 0) is 25.0 Å². The lowest BCUT2D eigenvalue weighted by molar-refractivity contribution is -0.679. The van der Waals surface area contributed by atoms with E-state index in [0.29, 0.717) is 0 Å². The van der Waals surface area contributed by atoms with Crippen molar-refractivity contribution in [3.63, 3.8) is 0 Å². The molecule has 0 atom stereocenters. The molecule has 1 nitrogen and oxygen atoms in total. The van der Waals surface area contributed by atoms with Gasteiger partial charge in [0.2, 0.25) is 0 Å². The number of aryl methyl sites for hydroxylation is 2. The summed E-state index contributed by atoms with van der Waals surface area (Å²) in [6.45, 7) is 4.37. The van der Waals surface area contributed by atoms with Gasteiger partial charge < -0.3 is 0 Å². The van der Waals surface area contributed by atoms with Crippen LogP contribution in [0.15, 0.2) is 42.6 Å². The highest BCUT2D eigenvalue weighted by molar-refractivity contribution is 5.28. The van der Waals surface area contributed by atoms with Crippen LogP contribution in [0.2, 0.25) is 0 Å². The van der Waals surface area contributed by atoms with Crippen LogP contribution < -0.4 is 4.57 Å². The van der Waals surface area contributed by atoms with Crippen molar-refractivity contribution in [1.29, 1.82) is 0 Å². The molecule has 0 spiro atoms. The van der Waals surface area contributed by atoms with Crippen molar-refractivity contribution >= 4 is 0 Å². The lowest BCUT2D eigenvalue weighted by Gasteiger charge is -2.06. The normalized spacial score (nSPS) is 10.4. The molecule has 2 rings (SSSR count). The molecule has 0 unspecified atom stereocenters. The van der Waals surface area contributed by atoms with Gasteiger partial charge in [0.25, 0.3) is 0 Å². The van der Waals surface area contributed by atoms with Gasteiger partial charge in [-0.25, -0.2) is 4.57 Å². The van der Waals surface area contributed by atoms with Crippen LogP contribution in [0.25, 0.3) is 0 Å². The summed E-state index contributed by atoms with van der Waals surface area (Å²) in [4.78, 5) is 0. The molecule has 16 heavy (non-hydrogen) atoms.